The van der Waals surface area contributed by atoms with E-state index in [1.54, 1.807) is 18.5 Å². The van der Waals surface area contributed by atoms with Crippen molar-refractivity contribution in [3.63, 3.8) is 0 Å². The van der Waals surface area contributed by atoms with Crippen molar-refractivity contribution in [1.82, 2.24) is 24.9 Å². The first-order valence-corrected chi connectivity index (χ1v) is 20.8. The minimum Gasteiger partial charge on any atom is -0.256 e. The van der Waals surface area contributed by atoms with Crippen LogP contribution in [0.4, 0.5) is 0 Å². The number of nitrogens with zero attached hydrogens (tertiary/aromatic N) is 7. The van der Waals surface area contributed by atoms with E-state index in [9.17, 15) is 0 Å². The quantitative estimate of drug-likeness (QED) is 0.121. The fraction of sp³-hybridized carbons (Fsp3) is 0.0727. The second-order valence-electron chi connectivity index (χ2n) is 14.3. The Hall–Kier alpha value is -8.03. The molecule has 0 fully saturated rings. The molecule has 7 heteroatoms. The number of hydrogen-bond donors (Lipinski definition) is 0. The Morgan fingerprint density at radius 1 is 0.500 bits per heavy atom. The van der Waals surface area contributed by atoms with Crippen molar-refractivity contribution in [2.75, 3.05) is 0 Å². The topological polar surface area (TPSA) is 89.2 Å². The Morgan fingerprint density at radius 2 is 1.00 bits per heavy atom. The summed E-state index contributed by atoms with van der Waals surface area (Å²) in [5.41, 5.74) is 13.3. The van der Waals surface area contributed by atoms with Crippen LogP contribution in [0.3, 0.4) is 0 Å². The zero-order valence-corrected chi connectivity index (χ0v) is 34.9. The third-order valence-corrected chi connectivity index (χ3v) is 10.2. The maximum absolute atomic E-state index is 5.28. The first-order valence-electron chi connectivity index (χ1n) is 20.8. The lowest BCUT2D eigenvalue weighted by atomic mass is 9.96. The molecule has 0 saturated heterocycles. The summed E-state index contributed by atoms with van der Waals surface area (Å²) in [5, 5.41) is 0. The van der Waals surface area contributed by atoms with Gasteiger partial charge in [-0.3, -0.25) is 15.0 Å². The predicted molar refractivity (Wildman–Crippen MR) is 257 cm³/mol. The van der Waals surface area contributed by atoms with Gasteiger partial charge in [-0.1, -0.05) is 142 Å². The summed E-state index contributed by atoms with van der Waals surface area (Å²) in [6.07, 6.45) is 8.82. The average molecular weight is 804 g/mol. The van der Waals surface area contributed by atoms with Crippen LogP contribution < -0.4 is 0 Å². The lowest BCUT2D eigenvalue weighted by Gasteiger charge is -2.16. The summed E-state index contributed by atoms with van der Waals surface area (Å²) >= 11 is 0. The van der Waals surface area contributed by atoms with Gasteiger partial charge in [0.05, 0.1) is 34.2 Å². The van der Waals surface area contributed by atoms with Gasteiger partial charge in [-0.2, -0.15) is 0 Å². The summed E-state index contributed by atoms with van der Waals surface area (Å²) in [6.45, 7) is 11.9. The van der Waals surface area contributed by atoms with Crippen molar-refractivity contribution >= 4 is 17.6 Å². The number of hydrogen-bond acceptors (Lipinski definition) is 7. The van der Waals surface area contributed by atoms with E-state index < -0.39 is 0 Å². The molecule has 8 aromatic rings. The molecule has 7 nitrogen and oxygen atoms in total. The number of rotatable bonds is 11. The number of pyridine rings is 2. The number of benzene rings is 5. The van der Waals surface area contributed by atoms with Gasteiger partial charge in [0.2, 0.25) is 0 Å². The van der Waals surface area contributed by atoms with E-state index >= 15 is 0 Å². The van der Waals surface area contributed by atoms with Gasteiger partial charge >= 0.3 is 0 Å². The molecule has 0 amide bonds. The van der Waals surface area contributed by atoms with Crippen molar-refractivity contribution in [2.24, 2.45) is 9.98 Å². The maximum atomic E-state index is 5.28. The molecule has 0 unspecified atom stereocenters. The summed E-state index contributed by atoms with van der Waals surface area (Å²) in [4.78, 5) is 34.8. The van der Waals surface area contributed by atoms with Crippen LogP contribution in [0.2, 0.25) is 0 Å². The number of aliphatic imine (C=N–C) groups is 2. The van der Waals surface area contributed by atoms with Crippen LogP contribution in [-0.4, -0.2) is 36.8 Å². The van der Waals surface area contributed by atoms with Crippen LogP contribution in [0, 0.1) is 0 Å². The van der Waals surface area contributed by atoms with Gasteiger partial charge < -0.3 is 0 Å². The molecule has 300 valence electrons. The van der Waals surface area contributed by atoms with Gasteiger partial charge in [0, 0.05) is 40.2 Å². The average Bonchev–Trinajstić information content (AvgIpc) is 3.37. The third-order valence-electron chi connectivity index (χ3n) is 10.2. The second kappa shape index (κ2) is 19.4. The first kappa shape index (κ1) is 40.7. The van der Waals surface area contributed by atoms with E-state index in [1.807, 2.05) is 117 Å². The van der Waals surface area contributed by atoms with Crippen molar-refractivity contribution in [1.29, 1.82) is 0 Å². The van der Waals surface area contributed by atoms with E-state index in [4.69, 9.17) is 24.9 Å². The fourth-order valence-electron chi connectivity index (χ4n) is 7.21. The van der Waals surface area contributed by atoms with Crippen molar-refractivity contribution in [2.45, 2.75) is 26.7 Å². The summed E-state index contributed by atoms with van der Waals surface area (Å²) < 4.78 is 0. The Morgan fingerprint density at radius 3 is 1.60 bits per heavy atom. The number of allylic oxidation sites excluding steroid dienone is 3. The Labute approximate surface area is 363 Å². The molecule has 1 aliphatic rings. The van der Waals surface area contributed by atoms with E-state index in [1.165, 1.54) is 0 Å². The molecular formula is C55H45N7. The highest BCUT2D eigenvalue weighted by molar-refractivity contribution is 6.04. The van der Waals surface area contributed by atoms with Gasteiger partial charge in [0.15, 0.2) is 17.5 Å². The minimum absolute atomic E-state index is 0.541. The van der Waals surface area contributed by atoms with Crippen LogP contribution in [0.15, 0.2) is 211 Å². The second-order valence-corrected chi connectivity index (χ2v) is 14.3. The van der Waals surface area contributed by atoms with Gasteiger partial charge in [-0.15, -0.1) is 0 Å². The highest BCUT2D eigenvalue weighted by atomic mass is 15.0. The molecular weight excluding hydrogens is 759 g/mol. The Balaban J connectivity index is 0.00000261. The molecule has 0 atom stereocenters. The molecule has 4 heterocycles. The third kappa shape index (κ3) is 9.38. The standard InChI is InChI=1S/C53H39N7.C2H6/c1-3-28-54-36(2)46-24-15-25-47(56-46)42-30-40(37-17-7-4-8-18-37)32-44(34-42)52-58-51(39-21-11-6-12-22-39)59-53(60-52)45-33-41(38-19-9-5-10-20-38)31-43(35-45)48-26-16-27-50(57-48)49-23-13-14-29-55-49;1-2/h3-14,16-23,25-35H,1-2,15,24H2;1-2H3. The normalized spacial score (nSPS) is 12.2. The molecule has 1 aliphatic heterocycles. The molecule has 0 spiro atoms. The maximum Gasteiger partial charge on any atom is 0.164 e. The summed E-state index contributed by atoms with van der Waals surface area (Å²) in [7, 11) is 0. The van der Waals surface area contributed by atoms with Crippen molar-refractivity contribution in [3.8, 4) is 79.1 Å². The molecule has 0 saturated carbocycles. The molecule has 3 aromatic heterocycles. The van der Waals surface area contributed by atoms with Gasteiger partial charge in [-0.05, 0) is 95.8 Å². The highest BCUT2D eigenvalue weighted by Gasteiger charge is 2.19. The van der Waals surface area contributed by atoms with E-state index in [0.29, 0.717) is 23.2 Å². The molecule has 0 N–H and O–H groups in total. The largest absolute Gasteiger partial charge is 0.256 e. The predicted octanol–water partition coefficient (Wildman–Crippen LogP) is 13.7. The van der Waals surface area contributed by atoms with Gasteiger partial charge in [-0.25, -0.2) is 19.9 Å². The smallest absolute Gasteiger partial charge is 0.164 e. The van der Waals surface area contributed by atoms with Crippen LogP contribution in [0.1, 0.15) is 32.3 Å². The summed E-state index contributed by atoms with van der Waals surface area (Å²) in [6, 6.07) is 55.5. The highest BCUT2D eigenvalue weighted by Crippen LogP contribution is 2.36. The van der Waals surface area contributed by atoms with E-state index in [0.717, 1.165) is 91.4 Å². The molecule has 5 aromatic carbocycles. The van der Waals surface area contributed by atoms with Crippen LogP contribution in [0.5, 0.6) is 0 Å². The minimum atomic E-state index is 0.541. The zero-order valence-electron chi connectivity index (χ0n) is 34.9. The molecule has 0 radical (unpaired) electrons. The van der Waals surface area contributed by atoms with Crippen molar-refractivity contribution < 1.29 is 0 Å². The summed E-state index contributed by atoms with van der Waals surface area (Å²) in [5.74, 6) is 1.65. The van der Waals surface area contributed by atoms with E-state index in [2.05, 4.69) is 89.9 Å². The Bertz CT molecular complexity index is 2940. The zero-order chi connectivity index (χ0) is 42.7. The van der Waals surface area contributed by atoms with E-state index in [-0.39, 0.29) is 0 Å². The van der Waals surface area contributed by atoms with Crippen LogP contribution >= 0.6 is 0 Å². The first-order chi connectivity index (χ1) is 30.6. The molecule has 62 heavy (non-hydrogen) atoms. The lowest BCUT2D eigenvalue weighted by molar-refractivity contribution is 1.06. The molecule has 0 bridgehead atoms. The van der Waals surface area contributed by atoms with Crippen molar-refractivity contribution in [3.05, 3.63) is 207 Å². The Kier molecular flexibility index (Phi) is 12.7. The monoisotopic (exact) mass is 803 g/mol. The molecule has 9 rings (SSSR count). The fourth-order valence-corrected chi connectivity index (χ4v) is 7.21. The van der Waals surface area contributed by atoms with Gasteiger partial charge in [0.1, 0.15) is 0 Å². The van der Waals surface area contributed by atoms with Gasteiger partial charge in [0.25, 0.3) is 0 Å². The van der Waals surface area contributed by atoms with Crippen LogP contribution in [-0.2, 0) is 0 Å². The number of aromatic nitrogens is 5. The lowest BCUT2D eigenvalue weighted by Crippen LogP contribution is -2.05. The molecule has 0 aliphatic carbocycles. The van der Waals surface area contributed by atoms with Crippen LogP contribution in [0.25, 0.3) is 84.8 Å². The SMILES string of the molecule is C=CC=NC(=C)C1=NC(c2cc(-c3ccccc3)cc(-c3nc(-c4ccccc4)nc(-c4cc(-c5ccccc5)cc(-c5cccc(-c6ccccn6)n5)c4)n3)c2)=CCC1.CC.